The Hall–Kier alpha value is -4.32. The van der Waals surface area contributed by atoms with Crippen molar-refractivity contribution in [2.45, 2.75) is 37.8 Å². The van der Waals surface area contributed by atoms with Crippen molar-refractivity contribution in [1.82, 2.24) is 4.72 Å². The third-order valence-corrected chi connectivity index (χ3v) is 8.60. The molecule has 0 fully saturated rings. The highest BCUT2D eigenvalue weighted by molar-refractivity contribution is 7.89. The Bertz CT molecular complexity index is 1670. The summed E-state index contributed by atoms with van der Waals surface area (Å²) >= 11 is 0. The van der Waals surface area contributed by atoms with Gasteiger partial charge in [-0.15, -0.1) is 0 Å². The summed E-state index contributed by atoms with van der Waals surface area (Å²) in [4.78, 5) is 5.62. The van der Waals surface area contributed by atoms with Crippen molar-refractivity contribution in [2.24, 2.45) is 4.99 Å². The molecule has 0 aromatic heterocycles. The van der Waals surface area contributed by atoms with Gasteiger partial charge in [0.05, 0.1) is 22.7 Å². The Labute approximate surface area is 243 Å². The van der Waals surface area contributed by atoms with E-state index < -0.39 is 22.1 Å². The minimum Gasteiger partial charge on any atom is -0.274 e. The topological polar surface area (TPSA) is 58.5 Å². The zero-order chi connectivity index (χ0) is 28.8. The molecule has 0 saturated carbocycles. The maximum Gasteiger partial charge on any atom is 0.241 e. The number of sulfonamides is 1. The number of rotatable bonds is 9. The molecule has 0 aliphatic carbocycles. The van der Waals surface area contributed by atoms with Crippen molar-refractivity contribution >= 4 is 15.7 Å². The van der Waals surface area contributed by atoms with Crippen molar-refractivity contribution in [3.8, 4) is 0 Å². The summed E-state index contributed by atoms with van der Waals surface area (Å²) in [5, 5.41) is 0. The summed E-state index contributed by atoms with van der Waals surface area (Å²) in [5.74, 6) is 0. The first-order valence-corrected chi connectivity index (χ1v) is 15.2. The lowest BCUT2D eigenvalue weighted by Gasteiger charge is -2.28. The van der Waals surface area contributed by atoms with Gasteiger partial charge in [0.2, 0.25) is 10.0 Å². The average molecular weight is 559 g/mol. The van der Waals surface area contributed by atoms with Crippen LogP contribution in [0, 0.1) is 20.8 Å². The van der Waals surface area contributed by atoms with Crippen LogP contribution in [0.15, 0.2) is 143 Å². The number of aliphatic imine (C=N–C) groups is 1. The van der Waals surface area contributed by atoms with Gasteiger partial charge in [0.15, 0.2) is 0 Å². The number of hydrogen-bond acceptors (Lipinski definition) is 3. The second-order valence-electron chi connectivity index (χ2n) is 10.4. The van der Waals surface area contributed by atoms with Gasteiger partial charge >= 0.3 is 0 Å². The second kappa shape index (κ2) is 12.5. The first kappa shape index (κ1) is 28.2. The molecule has 5 heteroatoms. The van der Waals surface area contributed by atoms with E-state index in [0.717, 1.165) is 44.7 Å². The number of benzene rings is 5. The Morgan fingerprint density at radius 2 is 0.976 bits per heavy atom. The van der Waals surface area contributed by atoms with E-state index in [9.17, 15) is 8.42 Å². The van der Waals surface area contributed by atoms with Crippen LogP contribution in [0.25, 0.3) is 0 Å². The van der Waals surface area contributed by atoms with Gasteiger partial charge < -0.3 is 0 Å². The molecule has 0 spiro atoms. The molecule has 0 bridgehead atoms. The third kappa shape index (κ3) is 6.88. The molecule has 0 radical (unpaired) electrons. The maximum atomic E-state index is 13.9. The Balaban J connectivity index is 1.73. The molecule has 2 unspecified atom stereocenters. The van der Waals surface area contributed by atoms with E-state index in [2.05, 4.69) is 4.72 Å². The van der Waals surface area contributed by atoms with Crippen LogP contribution in [0.1, 0.15) is 51.0 Å². The van der Waals surface area contributed by atoms with E-state index in [-0.39, 0.29) is 4.90 Å². The minimum atomic E-state index is -3.88. The number of nitrogens with one attached hydrogen (secondary N) is 1. The van der Waals surface area contributed by atoms with Crippen molar-refractivity contribution < 1.29 is 8.42 Å². The molecule has 0 amide bonds. The maximum absolute atomic E-state index is 13.9. The molecular formula is C36H34N2O2S. The van der Waals surface area contributed by atoms with Gasteiger partial charge in [-0.25, -0.2) is 13.1 Å². The Kier molecular flexibility index (Phi) is 8.58. The Morgan fingerprint density at radius 3 is 1.44 bits per heavy atom. The lowest BCUT2D eigenvalue weighted by atomic mass is 9.92. The van der Waals surface area contributed by atoms with Crippen molar-refractivity contribution in [2.75, 3.05) is 0 Å². The molecule has 0 saturated heterocycles. The van der Waals surface area contributed by atoms with E-state index in [4.69, 9.17) is 4.99 Å². The standard InChI is InChI=1S/C36H34N2O2S/c1-26-14-20-31(21-15-26)35(37-34(29-10-6-4-7-11-29)30-12-8-5-9-13-30)36(32-22-16-27(2)17-23-32)38-41(39,40)33-24-18-28(3)19-25-33/h4-25,35-36,38H,1-3H3. The predicted octanol–water partition coefficient (Wildman–Crippen LogP) is 7.91. The van der Waals surface area contributed by atoms with Crippen molar-refractivity contribution in [3.05, 3.63) is 172 Å². The lowest BCUT2D eigenvalue weighted by Crippen LogP contribution is -2.33. The lowest BCUT2D eigenvalue weighted by molar-refractivity contribution is 0.506. The molecule has 5 rings (SSSR count). The van der Waals surface area contributed by atoms with Gasteiger partial charge in [0.25, 0.3) is 0 Å². The molecule has 206 valence electrons. The van der Waals surface area contributed by atoms with Crippen LogP contribution in [-0.2, 0) is 10.0 Å². The predicted molar refractivity (Wildman–Crippen MR) is 168 cm³/mol. The zero-order valence-electron chi connectivity index (χ0n) is 23.5. The highest BCUT2D eigenvalue weighted by atomic mass is 32.2. The molecule has 41 heavy (non-hydrogen) atoms. The van der Waals surface area contributed by atoms with E-state index in [1.807, 2.05) is 142 Å². The van der Waals surface area contributed by atoms with Crippen LogP contribution in [0.3, 0.4) is 0 Å². The molecule has 4 nitrogen and oxygen atoms in total. The van der Waals surface area contributed by atoms with Crippen LogP contribution in [0.5, 0.6) is 0 Å². The summed E-state index contributed by atoms with van der Waals surface area (Å²) in [5.41, 5.74) is 7.67. The van der Waals surface area contributed by atoms with Crippen molar-refractivity contribution in [3.63, 3.8) is 0 Å². The highest BCUT2D eigenvalue weighted by Gasteiger charge is 2.30. The van der Waals surface area contributed by atoms with Crippen LogP contribution < -0.4 is 4.72 Å². The van der Waals surface area contributed by atoms with Crippen molar-refractivity contribution in [1.29, 1.82) is 0 Å². The number of aryl methyl sites for hydroxylation is 3. The summed E-state index contributed by atoms with van der Waals surface area (Å²) in [6, 6.07) is 41.9. The first-order chi connectivity index (χ1) is 19.8. The quantitative estimate of drug-likeness (QED) is 0.187. The minimum absolute atomic E-state index is 0.221. The van der Waals surface area contributed by atoms with E-state index in [0.29, 0.717) is 0 Å². The second-order valence-corrected chi connectivity index (χ2v) is 12.1. The molecule has 0 aliphatic heterocycles. The van der Waals surface area contributed by atoms with Gasteiger partial charge in [0, 0.05) is 11.1 Å². The van der Waals surface area contributed by atoms with Gasteiger partial charge in [-0.05, 0) is 44.0 Å². The van der Waals surface area contributed by atoms with E-state index >= 15 is 0 Å². The fourth-order valence-corrected chi connectivity index (χ4v) is 6.02. The third-order valence-electron chi connectivity index (χ3n) is 7.15. The van der Waals surface area contributed by atoms with Crippen LogP contribution >= 0.6 is 0 Å². The summed E-state index contributed by atoms with van der Waals surface area (Å²) < 4.78 is 30.8. The Morgan fingerprint density at radius 1 is 0.561 bits per heavy atom. The van der Waals surface area contributed by atoms with Gasteiger partial charge in [-0.3, -0.25) is 4.99 Å². The molecular weight excluding hydrogens is 524 g/mol. The average Bonchev–Trinajstić information content (AvgIpc) is 2.99. The zero-order valence-corrected chi connectivity index (χ0v) is 24.3. The molecule has 5 aromatic carbocycles. The normalized spacial score (nSPS) is 12.9. The van der Waals surface area contributed by atoms with Gasteiger partial charge in [-0.1, -0.05) is 138 Å². The van der Waals surface area contributed by atoms with Gasteiger partial charge in [-0.2, -0.15) is 0 Å². The summed E-state index contributed by atoms with van der Waals surface area (Å²) in [6.07, 6.45) is 0. The monoisotopic (exact) mass is 558 g/mol. The first-order valence-electron chi connectivity index (χ1n) is 13.7. The van der Waals surface area contributed by atoms with Crippen LogP contribution in [0.2, 0.25) is 0 Å². The molecule has 5 aromatic rings. The van der Waals surface area contributed by atoms with Crippen LogP contribution in [-0.4, -0.2) is 14.1 Å². The SMILES string of the molecule is Cc1ccc(C(N=C(c2ccccc2)c2ccccc2)C(NS(=O)(=O)c2ccc(C)cc2)c2ccc(C)cc2)cc1. The molecule has 0 aliphatic rings. The van der Waals surface area contributed by atoms with E-state index in [1.165, 1.54) is 0 Å². The summed E-state index contributed by atoms with van der Waals surface area (Å²) in [6.45, 7) is 6.00. The largest absolute Gasteiger partial charge is 0.274 e. The fourth-order valence-electron chi connectivity index (χ4n) is 4.79. The van der Waals surface area contributed by atoms with Gasteiger partial charge in [0.1, 0.15) is 0 Å². The fraction of sp³-hybridized carbons (Fsp3) is 0.139. The number of hydrogen-bond donors (Lipinski definition) is 1. The summed E-state index contributed by atoms with van der Waals surface area (Å²) in [7, 11) is -3.88. The van der Waals surface area contributed by atoms with E-state index in [1.54, 1.807) is 12.1 Å². The highest BCUT2D eigenvalue weighted by Crippen LogP contribution is 2.35. The molecule has 2 atom stereocenters. The molecule has 1 N–H and O–H groups in total. The molecule has 0 heterocycles. The number of nitrogens with zero attached hydrogens (tertiary/aromatic N) is 1. The smallest absolute Gasteiger partial charge is 0.241 e. The van der Waals surface area contributed by atoms with Crippen LogP contribution in [0.4, 0.5) is 0 Å².